The number of halogens is 1. The molecular weight excluding hydrogens is 376 g/mol. The number of hydrogen-bond acceptors (Lipinski definition) is 4. The second kappa shape index (κ2) is 7.17. The molecule has 6 nitrogen and oxygen atoms in total. The number of nitrogens with zero attached hydrogens (tertiary/aromatic N) is 2. The van der Waals surface area contributed by atoms with Crippen molar-refractivity contribution in [2.45, 2.75) is 31.7 Å². The van der Waals surface area contributed by atoms with Crippen LogP contribution in [0.1, 0.15) is 25.2 Å². The number of oxazole rings is 1. The molecule has 1 aromatic heterocycles. The van der Waals surface area contributed by atoms with Gasteiger partial charge in [0.25, 0.3) is 0 Å². The molecule has 1 saturated heterocycles. The summed E-state index contributed by atoms with van der Waals surface area (Å²) in [7, 11) is 0. The van der Waals surface area contributed by atoms with E-state index in [0.29, 0.717) is 31.0 Å². The second-order valence-electron chi connectivity index (χ2n) is 5.68. The highest BCUT2D eigenvalue weighted by Crippen LogP contribution is 2.28. The van der Waals surface area contributed by atoms with Crippen molar-refractivity contribution in [3.05, 3.63) is 40.8 Å². The van der Waals surface area contributed by atoms with Crippen molar-refractivity contribution >= 4 is 27.8 Å². The Kier molecular flexibility index (Phi) is 4.99. The number of amides is 1. The monoisotopic (exact) mass is 392 g/mol. The summed E-state index contributed by atoms with van der Waals surface area (Å²) >= 11 is 3.47. The van der Waals surface area contributed by atoms with Crippen molar-refractivity contribution in [2.75, 3.05) is 6.54 Å². The highest BCUT2D eigenvalue weighted by atomic mass is 79.9. The molecule has 1 atom stereocenters. The van der Waals surface area contributed by atoms with Gasteiger partial charge in [0.05, 0.1) is 6.20 Å². The largest absolute Gasteiger partial charge is 0.480 e. The van der Waals surface area contributed by atoms with Gasteiger partial charge in [-0.25, -0.2) is 9.78 Å². The van der Waals surface area contributed by atoms with Crippen LogP contribution in [0, 0.1) is 0 Å². The van der Waals surface area contributed by atoms with E-state index in [9.17, 15) is 9.59 Å². The number of likely N-dealkylation sites (tertiary alicyclic amines) is 1. The Bertz CT molecular complexity index is 759. The van der Waals surface area contributed by atoms with Crippen LogP contribution in [0.15, 0.2) is 39.4 Å². The van der Waals surface area contributed by atoms with Crippen molar-refractivity contribution < 1.29 is 19.1 Å². The normalized spacial score (nSPS) is 17.2. The third-order valence-electron chi connectivity index (χ3n) is 4.10. The van der Waals surface area contributed by atoms with Crippen molar-refractivity contribution in [3.63, 3.8) is 0 Å². The zero-order valence-corrected chi connectivity index (χ0v) is 14.5. The summed E-state index contributed by atoms with van der Waals surface area (Å²) in [4.78, 5) is 29.1. The van der Waals surface area contributed by atoms with Crippen LogP contribution in [-0.2, 0) is 16.0 Å². The Morgan fingerprint density at radius 2 is 2.17 bits per heavy atom. The van der Waals surface area contributed by atoms with E-state index < -0.39 is 12.0 Å². The maximum atomic E-state index is 12.3. The van der Waals surface area contributed by atoms with Gasteiger partial charge in [0.2, 0.25) is 5.91 Å². The number of hydrogen-bond donors (Lipinski definition) is 1. The van der Waals surface area contributed by atoms with E-state index >= 15 is 0 Å². The second-order valence-corrected chi connectivity index (χ2v) is 6.54. The molecular formula is C17H17BrN2O4. The number of aryl methyl sites for hydroxylation is 1. The number of carbonyl (C=O) groups excluding carboxylic acids is 1. The molecule has 2 aromatic rings. The molecule has 7 heteroatoms. The molecule has 1 aliphatic heterocycles. The molecule has 1 amide bonds. The Balaban J connectivity index is 1.63. The van der Waals surface area contributed by atoms with Crippen molar-refractivity contribution in [1.82, 2.24) is 9.88 Å². The molecule has 1 fully saturated rings. The van der Waals surface area contributed by atoms with E-state index in [2.05, 4.69) is 20.9 Å². The van der Waals surface area contributed by atoms with E-state index in [0.717, 1.165) is 16.5 Å². The van der Waals surface area contributed by atoms with Gasteiger partial charge in [0, 0.05) is 29.4 Å². The van der Waals surface area contributed by atoms with Gasteiger partial charge in [-0.15, -0.1) is 0 Å². The topological polar surface area (TPSA) is 83.6 Å². The summed E-state index contributed by atoms with van der Waals surface area (Å²) in [5, 5.41) is 9.14. The predicted molar refractivity (Wildman–Crippen MR) is 90.3 cm³/mol. The van der Waals surface area contributed by atoms with Gasteiger partial charge >= 0.3 is 5.97 Å². The minimum Gasteiger partial charge on any atom is -0.480 e. The average Bonchev–Trinajstić information content (AvgIpc) is 3.22. The fourth-order valence-electron chi connectivity index (χ4n) is 2.89. The van der Waals surface area contributed by atoms with Crippen molar-refractivity contribution in [1.29, 1.82) is 0 Å². The summed E-state index contributed by atoms with van der Waals surface area (Å²) < 4.78 is 6.62. The minimum absolute atomic E-state index is 0.166. The van der Waals surface area contributed by atoms with Crippen LogP contribution in [0.3, 0.4) is 0 Å². The Hall–Kier alpha value is -2.15. The maximum Gasteiger partial charge on any atom is 0.326 e. The highest BCUT2D eigenvalue weighted by molar-refractivity contribution is 9.10. The van der Waals surface area contributed by atoms with Gasteiger partial charge in [-0.1, -0.05) is 34.1 Å². The fourth-order valence-corrected chi connectivity index (χ4v) is 3.37. The number of aliphatic carboxylic acids is 1. The quantitative estimate of drug-likeness (QED) is 0.844. The molecule has 126 valence electrons. The standard InChI is InChI=1S/C17H17BrN2O4/c18-12-5-2-1-4-11(12)14-10-19-15(24-14)7-8-16(21)20-9-3-6-13(20)17(22)23/h1-2,4-5,10,13H,3,6-9H2,(H,22,23)/t13-/m1/s1. The van der Waals surface area contributed by atoms with E-state index in [4.69, 9.17) is 9.52 Å². The van der Waals surface area contributed by atoms with Crippen molar-refractivity contribution in [3.8, 4) is 11.3 Å². The summed E-state index contributed by atoms with van der Waals surface area (Å²) in [5.74, 6) is 0.00316. The lowest BCUT2D eigenvalue weighted by molar-refractivity contribution is -0.148. The molecule has 1 aliphatic rings. The van der Waals surface area contributed by atoms with E-state index in [-0.39, 0.29) is 12.3 Å². The molecule has 0 bridgehead atoms. The lowest BCUT2D eigenvalue weighted by atomic mass is 10.2. The Labute approximate surface area is 147 Å². The molecule has 1 N–H and O–H groups in total. The molecule has 0 unspecified atom stereocenters. The molecule has 3 rings (SSSR count). The zero-order chi connectivity index (χ0) is 17.1. The summed E-state index contributed by atoms with van der Waals surface area (Å²) in [6.45, 7) is 0.504. The minimum atomic E-state index is -0.937. The third-order valence-corrected chi connectivity index (χ3v) is 4.80. The molecule has 0 radical (unpaired) electrons. The molecule has 24 heavy (non-hydrogen) atoms. The number of aromatic nitrogens is 1. The number of carbonyl (C=O) groups is 2. The van der Waals surface area contributed by atoms with Crippen LogP contribution in [0.25, 0.3) is 11.3 Å². The lowest BCUT2D eigenvalue weighted by Gasteiger charge is -2.20. The first-order chi connectivity index (χ1) is 11.6. The SMILES string of the molecule is O=C(O)[C@H]1CCCN1C(=O)CCc1ncc(-c2ccccc2Br)o1. The summed E-state index contributed by atoms with van der Waals surface area (Å²) in [6.07, 6.45) is 3.43. The third kappa shape index (κ3) is 3.51. The molecule has 0 saturated carbocycles. The van der Waals surface area contributed by atoms with Crippen LogP contribution >= 0.6 is 15.9 Å². The van der Waals surface area contributed by atoms with Gasteiger partial charge in [-0.3, -0.25) is 4.79 Å². The van der Waals surface area contributed by atoms with Gasteiger partial charge in [0.15, 0.2) is 11.7 Å². The number of carboxylic acid groups (broad SMARTS) is 1. The van der Waals surface area contributed by atoms with E-state index in [1.807, 2.05) is 24.3 Å². The van der Waals surface area contributed by atoms with E-state index in [1.165, 1.54) is 4.90 Å². The maximum absolute atomic E-state index is 12.3. The van der Waals surface area contributed by atoms with Gasteiger partial charge < -0.3 is 14.4 Å². The predicted octanol–water partition coefficient (Wildman–Crippen LogP) is 3.11. The molecule has 0 spiro atoms. The average molecular weight is 393 g/mol. The Morgan fingerprint density at radius 3 is 2.92 bits per heavy atom. The van der Waals surface area contributed by atoms with Gasteiger partial charge in [0.1, 0.15) is 6.04 Å². The van der Waals surface area contributed by atoms with Crippen molar-refractivity contribution in [2.24, 2.45) is 0 Å². The van der Waals surface area contributed by atoms with E-state index in [1.54, 1.807) is 6.20 Å². The first-order valence-corrected chi connectivity index (χ1v) is 8.57. The number of benzene rings is 1. The Morgan fingerprint density at radius 1 is 1.38 bits per heavy atom. The van der Waals surface area contributed by atoms with Gasteiger partial charge in [-0.05, 0) is 18.9 Å². The zero-order valence-electron chi connectivity index (χ0n) is 12.9. The van der Waals surface area contributed by atoms with Gasteiger partial charge in [-0.2, -0.15) is 0 Å². The summed E-state index contributed by atoms with van der Waals surface area (Å²) in [5.41, 5.74) is 0.896. The first-order valence-electron chi connectivity index (χ1n) is 7.78. The smallest absolute Gasteiger partial charge is 0.326 e. The van der Waals surface area contributed by atoms with Crippen LogP contribution < -0.4 is 0 Å². The molecule has 2 heterocycles. The lowest BCUT2D eigenvalue weighted by Crippen LogP contribution is -2.40. The molecule has 0 aliphatic carbocycles. The van der Waals surface area contributed by atoms with Crippen LogP contribution in [0.5, 0.6) is 0 Å². The number of carboxylic acids is 1. The van der Waals surface area contributed by atoms with Crippen LogP contribution in [0.2, 0.25) is 0 Å². The number of rotatable bonds is 5. The fraction of sp³-hybridized carbons (Fsp3) is 0.353. The first kappa shape index (κ1) is 16.7. The summed E-state index contributed by atoms with van der Waals surface area (Å²) in [6, 6.07) is 6.96. The van der Waals surface area contributed by atoms with Crippen LogP contribution in [-0.4, -0.2) is 39.5 Å². The molecule has 1 aromatic carbocycles. The van der Waals surface area contributed by atoms with Crippen LogP contribution in [0.4, 0.5) is 0 Å². The highest BCUT2D eigenvalue weighted by Gasteiger charge is 2.33.